The molecule has 0 saturated carbocycles. The summed E-state index contributed by atoms with van der Waals surface area (Å²) in [5.74, 6) is 0.0944. The Hall–Kier alpha value is -3.60. The number of benzene rings is 1. The van der Waals surface area contributed by atoms with E-state index in [9.17, 15) is 9.59 Å². The number of aryl methyl sites for hydroxylation is 1. The van der Waals surface area contributed by atoms with Crippen LogP contribution < -0.4 is 21.0 Å². The maximum absolute atomic E-state index is 13.0. The van der Waals surface area contributed by atoms with Crippen LogP contribution in [0.25, 0.3) is 22.3 Å². The number of carbonyl (C=O) groups is 1. The van der Waals surface area contributed by atoms with Crippen LogP contribution in [0.2, 0.25) is 10.0 Å². The van der Waals surface area contributed by atoms with Gasteiger partial charge in [0.05, 0.1) is 21.4 Å². The number of pyridine rings is 1. The van der Waals surface area contributed by atoms with E-state index < -0.39 is 5.56 Å². The molecule has 1 fully saturated rings. The first-order valence-corrected chi connectivity index (χ1v) is 12.0. The number of aromatic nitrogens is 4. The van der Waals surface area contributed by atoms with E-state index in [-0.39, 0.29) is 17.5 Å². The molecule has 1 saturated heterocycles. The first-order valence-electron chi connectivity index (χ1n) is 11.3. The molecule has 3 aromatic heterocycles. The number of hydrogen-bond acceptors (Lipinski definition) is 7. The van der Waals surface area contributed by atoms with Crippen LogP contribution in [0, 0.1) is 6.92 Å². The SMILES string of the molecule is COn1c(=O)ccc2c(-c3c(Cl)cccc3Cl)nc(Nc3cc(C(=O)N4CCNCC4)[nH]c3C)nc21. The van der Waals surface area contributed by atoms with Gasteiger partial charge in [-0.05, 0) is 31.2 Å². The lowest BCUT2D eigenvalue weighted by Gasteiger charge is -2.26. The molecule has 4 heterocycles. The zero-order valence-electron chi connectivity index (χ0n) is 19.6. The van der Waals surface area contributed by atoms with Gasteiger partial charge in [-0.1, -0.05) is 29.3 Å². The molecule has 0 atom stereocenters. The minimum atomic E-state index is -0.396. The van der Waals surface area contributed by atoms with Crippen molar-refractivity contribution >= 4 is 51.8 Å². The van der Waals surface area contributed by atoms with Crippen molar-refractivity contribution in [1.82, 2.24) is 29.9 Å². The highest BCUT2D eigenvalue weighted by molar-refractivity contribution is 6.39. The van der Waals surface area contributed by atoms with Gasteiger partial charge in [-0.3, -0.25) is 9.59 Å². The fourth-order valence-electron chi connectivity index (χ4n) is 4.20. The number of amides is 1. The lowest BCUT2D eigenvalue weighted by atomic mass is 10.1. The van der Waals surface area contributed by atoms with E-state index in [2.05, 4.69) is 20.6 Å². The third-order valence-corrected chi connectivity index (χ3v) is 6.62. The monoisotopic (exact) mass is 527 g/mol. The second-order valence-electron chi connectivity index (χ2n) is 8.27. The molecule has 1 aromatic carbocycles. The summed E-state index contributed by atoms with van der Waals surface area (Å²) in [6.45, 7) is 4.65. The van der Waals surface area contributed by atoms with Gasteiger partial charge >= 0.3 is 0 Å². The number of hydrogen-bond donors (Lipinski definition) is 3. The molecule has 12 heteroatoms. The largest absolute Gasteiger partial charge is 0.412 e. The first-order chi connectivity index (χ1) is 17.4. The fourth-order valence-corrected chi connectivity index (χ4v) is 4.78. The number of halogens is 2. The van der Waals surface area contributed by atoms with Crippen LogP contribution in [-0.2, 0) is 0 Å². The third kappa shape index (κ3) is 4.39. The van der Waals surface area contributed by atoms with E-state index in [1.54, 1.807) is 35.2 Å². The smallest absolute Gasteiger partial charge is 0.285 e. The number of anilines is 2. The minimum absolute atomic E-state index is 0.0798. The number of carbonyl (C=O) groups excluding carboxylic acids is 1. The highest BCUT2D eigenvalue weighted by Gasteiger charge is 2.22. The second-order valence-corrected chi connectivity index (χ2v) is 9.08. The summed E-state index contributed by atoms with van der Waals surface area (Å²) in [6.07, 6.45) is 0. The third-order valence-electron chi connectivity index (χ3n) is 5.99. The molecule has 1 amide bonds. The van der Waals surface area contributed by atoms with E-state index in [0.29, 0.717) is 51.2 Å². The van der Waals surface area contributed by atoms with Gasteiger partial charge in [0.25, 0.3) is 11.5 Å². The molecule has 3 N–H and O–H groups in total. The van der Waals surface area contributed by atoms with Crippen molar-refractivity contribution in [2.24, 2.45) is 0 Å². The zero-order valence-corrected chi connectivity index (χ0v) is 21.1. The normalized spacial score (nSPS) is 13.7. The highest BCUT2D eigenvalue weighted by Crippen LogP contribution is 2.37. The standard InChI is InChI=1S/C24H23Cl2N7O3/c1-13-17(12-18(28-13)23(35)32-10-8-27-9-11-32)29-24-30-21(20-15(25)4-3-5-16(20)26)14-6-7-19(34)33(36-2)22(14)31-24/h3-7,12,27-28H,8-11H2,1-2H3,(H,29,30,31). The molecule has 1 aliphatic heterocycles. The number of fused-ring (bicyclic) bond motifs is 1. The van der Waals surface area contributed by atoms with Crippen LogP contribution in [-0.4, -0.2) is 63.8 Å². The maximum atomic E-state index is 13.0. The molecular formula is C24H23Cl2N7O3. The van der Waals surface area contributed by atoms with Crippen molar-refractivity contribution in [2.75, 3.05) is 38.6 Å². The summed E-state index contributed by atoms with van der Waals surface area (Å²) in [7, 11) is 1.38. The Labute approximate surface area is 216 Å². The van der Waals surface area contributed by atoms with Crippen LogP contribution in [0.1, 0.15) is 16.2 Å². The predicted molar refractivity (Wildman–Crippen MR) is 139 cm³/mol. The summed E-state index contributed by atoms with van der Waals surface area (Å²) in [6, 6.07) is 9.85. The molecule has 186 valence electrons. The van der Waals surface area contributed by atoms with E-state index in [0.717, 1.165) is 23.5 Å². The van der Waals surface area contributed by atoms with Gasteiger partial charge in [-0.2, -0.15) is 4.98 Å². The van der Waals surface area contributed by atoms with Crippen LogP contribution in [0.5, 0.6) is 0 Å². The average Bonchev–Trinajstić information content (AvgIpc) is 3.23. The van der Waals surface area contributed by atoms with Crippen LogP contribution in [0.3, 0.4) is 0 Å². The molecule has 0 unspecified atom stereocenters. The molecule has 36 heavy (non-hydrogen) atoms. The summed E-state index contributed by atoms with van der Waals surface area (Å²) in [5.41, 5.74) is 2.57. The maximum Gasteiger partial charge on any atom is 0.285 e. The molecule has 5 rings (SSSR count). The van der Waals surface area contributed by atoms with Gasteiger partial charge in [0.15, 0.2) is 5.65 Å². The van der Waals surface area contributed by atoms with E-state index in [1.165, 1.54) is 13.2 Å². The van der Waals surface area contributed by atoms with E-state index in [1.807, 2.05) is 6.92 Å². The molecule has 0 spiro atoms. The van der Waals surface area contributed by atoms with Gasteiger partial charge < -0.3 is 25.4 Å². The Morgan fingerprint density at radius 1 is 1.11 bits per heavy atom. The molecule has 0 aliphatic carbocycles. The van der Waals surface area contributed by atoms with Gasteiger partial charge in [-0.25, -0.2) is 4.98 Å². The van der Waals surface area contributed by atoms with Crippen molar-refractivity contribution in [2.45, 2.75) is 6.92 Å². The van der Waals surface area contributed by atoms with Crippen molar-refractivity contribution in [1.29, 1.82) is 0 Å². The quantitative estimate of drug-likeness (QED) is 0.364. The van der Waals surface area contributed by atoms with Gasteiger partial charge in [0, 0.05) is 48.9 Å². The Balaban J connectivity index is 1.61. The molecular weight excluding hydrogens is 505 g/mol. The number of nitrogens with zero attached hydrogens (tertiary/aromatic N) is 4. The summed E-state index contributed by atoms with van der Waals surface area (Å²) >= 11 is 13.0. The molecule has 0 radical (unpaired) electrons. The number of rotatable bonds is 5. The molecule has 4 aromatic rings. The molecule has 1 aliphatic rings. The Morgan fingerprint density at radius 2 is 1.83 bits per heavy atom. The van der Waals surface area contributed by atoms with Crippen molar-refractivity contribution in [3.8, 4) is 11.3 Å². The summed E-state index contributed by atoms with van der Waals surface area (Å²) < 4.78 is 1.07. The Kier molecular flexibility index (Phi) is 6.57. The second kappa shape index (κ2) is 9.81. The van der Waals surface area contributed by atoms with Gasteiger partial charge in [0.2, 0.25) is 5.95 Å². The van der Waals surface area contributed by atoms with Crippen molar-refractivity contribution in [3.05, 3.63) is 68.2 Å². The number of piperazine rings is 1. The zero-order chi connectivity index (χ0) is 25.4. The van der Waals surface area contributed by atoms with Crippen molar-refractivity contribution < 1.29 is 9.63 Å². The highest BCUT2D eigenvalue weighted by atomic mass is 35.5. The van der Waals surface area contributed by atoms with Gasteiger partial charge in [0.1, 0.15) is 12.8 Å². The van der Waals surface area contributed by atoms with E-state index >= 15 is 0 Å². The summed E-state index contributed by atoms with van der Waals surface area (Å²) in [4.78, 5) is 44.9. The number of aromatic amines is 1. The van der Waals surface area contributed by atoms with Gasteiger partial charge in [-0.15, -0.1) is 4.73 Å². The minimum Gasteiger partial charge on any atom is -0.412 e. The van der Waals surface area contributed by atoms with E-state index in [4.69, 9.17) is 33.0 Å². The van der Waals surface area contributed by atoms with Crippen LogP contribution in [0.4, 0.5) is 11.6 Å². The fraction of sp³-hybridized carbons (Fsp3) is 0.250. The lowest BCUT2D eigenvalue weighted by molar-refractivity contribution is 0.0730. The average molecular weight is 528 g/mol. The topological polar surface area (TPSA) is 117 Å². The van der Waals surface area contributed by atoms with Crippen LogP contribution >= 0.6 is 23.2 Å². The Morgan fingerprint density at radius 3 is 2.53 bits per heavy atom. The lowest BCUT2D eigenvalue weighted by Crippen LogP contribution is -2.46. The predicted octanol–water partition coefficient (Wildman–Crippen LogP) is 3.25. The Bertz CT molecular complexity index is 1510. The van der Waals surface area contributed by atoms with Crippen molar-refractivity contribution in [3.63, 3.8) is 0 Å². The number of H-pyrrole nitrogens is 1. The summed E-state index contributed by atoms with van der Waals surface area (Å²) in [5, 5.41) is 7.72. The first kappa shape index (κ1) is 24.1. The molecule has 10 nitrogen and oxygen atoms in total. The number of nitrogens with one attached hydrogen (secondary N) is 3. The van der Waals surface area contributed by atoms with Crippen LogP contribution in [0.15, 0.2) is 41.2 Å². The molecule has 0 bridgehead atoms.